The first-order valence-electron chi connectivity index (χ1n) is 7.91. The van der Waals surface area contributed by atoms with Crippen LogP contribution in [0.3, 0.4) is 0 Å². The number of rotatable bonds is 7. The summed E-state index contributed by atoms with van der Waals surface area (Å²) in [5.74, 6) is 1.85. The monoisotopic (exact) mass is 281 g/mol. The first kappa shape index (κ1) is 15.4. The van der Waals surface area contributed by atoms with E-state index >= 15 is 0 Å². The molecule has 0 aliphatic heterocycles. The van der Waals surface area contributed by atoms with E-state index in [1.807, 2.05) is 6.92 Å². The van der Waals surface area contributed by atoms with Gasteiger partial charge in [-0.15, -0.1) is 0 Å². The van der Waals surface area contributed by atoms with Crippen LogP contribution in [0.1, 0.15) is 64.1 Å². The van der Waals surface area contributed by atoms with Crippen molar-refractivity contribution in [2.24, 2.45) is 11.7 Å². The van der Waals surface area contributed by atoms with Crippen LogP contribution in [0.25, 0.3) is 0 Å². The van der Waals surface area contributed by atoms with Gasteiger partial charge in [0.25, 0.3) is 0 Å². The zero-order valence-electron chi connectivity index (χ0n) is 12.7. The summed E-state index contributed by atoms with van der Waals surface area (Å²) in [4.78, 5) is 4.60. The molecule has 2 N–H and O–H groups in total. The van der Waals surface area contributed by atoms with Crippen LogP contribution in [-0.4, -0.2) is 23.3 Å². The van der Waals surface area contributed by atoms with Crippen molar-refractivity contribution in [1.29, 1.82) is 0 Å². The van der Waals surface area contributed by atoms with Crippen LogP contribution in [-0.2, 0) is 16.8 Å². The molecule has 20 heavy (non-hydrogen) atoms. The van der Waals surface area contributed by atoms with Gasteiger partial charge < -0.3 is 15.0 Å². The van der Waals surface area contributed by atoms with Crippen molar-refractivity contribution in [3.8, 4) is 0 Å². The number of nitrogens with two attached hydrogens (primary N) is 1. The molecule has 1 aromatic heterocycles. The first-order chi connectivity index (χ1) is 9.74. The van der Waals surface area contributed by atoms with Crippen LogP contribution in [0, 0.1) is 5.92 Å². The van der Waals surface area contributed by atoms with Gasteiger partial charge in [-0.25, -0.2) is 0 Å². The second-order valence-corrected chi connectivity index (χ2v) is 5.71. The third kappa shape index (κ3) is 3.38. The predicted molar refractivity (Wildman–Crippen MR) is 77.2 cm³/mol. The van der Waals surface area contributed by atoms with Crippen LogP contribution in [0.4, 0.5) is 0 Å². The summed E-state index contributed by atoms with van der Waals surface area (Å²) >= 11 is 0. The summed E-state index contributed by atoms with van der Waals surface area (Å²) in [6.07, 6.45) is 7.40. The molecule has 1 heterocycles. The van der Waals surface area contributed by atoms with Crippen molar-refractivity contribution in [2.75, 3.05) is 13.2 Å². The smallest absolute Gasteiger partial charge is 0.227 e. The SMILES string of the molecule is CCOC1(c2noc(CC(CC)CN)n2)CCCCC1. The first-order valence-corrected chi connectivity index (χ1v) is 7.91. The second-order valence-electron chi connectivity index (χ2n) is 5.71. The fraction of sp³-hybridized carbons (Fsp3) is 0.867. The van der Waals surface area contributed by atoms with E-state index < -0.39 is 0 Å². The van der Waals surface area contributed by atoms with Gasteiger partial charge in [0, 0.05) is 13.0 Å². The second kappa shape index (κ2) is 7.18. The van der Waals surface area contributed by atoms with Gasteiger partial charge in [-0.05, 0) is 32.2 Å². The Balaban J connectivity index is 2.12. The fourth-order valence-corrected chi connectivity index (χ4v) is 3.00. The van der Waals surface area contributed by atoms with Crippen molar-refractivity contribution in [2.45, 2.75) is 64.4 Å². The zero-order chi connectivity index (χ0) is 14.4. The Morgan fingerprint density at radius 2 is 2.05 bits per heavy atom. The maximum atomic E-state index is 6.02. The molecule has 1 aliphatic carbocycles. The molecule has 1 aliphatic rings. The molecule has 0 amide bonds. The molecule has 114 valence electrons. The molecule has 1 unspecified atom stereocenters. The van der Waals surface area contributed by atoms with E-state index in [1.54, 1.807) is 0 Å². The fourth-order valence-electron chi connectivity index (χ4n) is 3.00. The number of hydrogen-bond acceptors (Lipinski definition) is 5. The largest absolute Gasteiger partial charge is 0.367 e. The van der Waals surface area contributed by atoms with Gasteiger partial charge in [-0.3, -0.25) is 0 Å². The summed E-state index contributed by atoms with van der Waals surface area (Å²) in [5, 5.41) is 4.20. The number of aromatic nitrogens is 2. The van der Waals surface area contributed by atoms with E-state index in [0.29, 0.717) is 25.0 Å². The minimum atomic E-state index is -0.320. The molecule has 2 rings (SSSR count). The average molecular weight is 281 g/mol. The summed E-state index contributed by atoms with van der Waals surface area (Å²) in [5.41, 5.74) is 5.42. The van der Waals surface area contributed by atoms with Crippen LogP contribution >= 0.6 is 0 Å². The average Bonchev–Trinajstić information content (AvgIpc) is 2.95. The van der Waals surface area contributed by atoms with Gasteiger partial charge in [0.1, 0.15) is 5.60 Å². The molecule has 0 aromatic carbocycles. The quantitative estimate of drug-likeness (QED) is 0.832. The molecule has 5 heteroatoms. The summed E-state index contributed by atoms with van der Waals surface area (Å²) in [6, 6.07) is 0. The van der Waals surface area contributed by atoms with Crippen LogP contribution in [0.15, 0.2) is 4.52 Å². The minimum Gasteiger partial charge on any atom is -0.367 e. The topological polar surface area (TPSA) is 74.2 Å². The van der Waals surface area contributed by atoms with Crippen molar-refractivity contribution >= 4 is 0 Å². The molecular weight excluding hydrogens is 254 g/mol. The van der Waals surface area contributed by atoms with Crippen LogP contribution in [0.2, 0.25) is 0 Å². The lowest BCUT2D eigenvalue weighted by molar-refractivity contribution is -0.0777. The Labute approximate surface area is 121 Å². The Bertz CT molecular complexity index is 390. The molecule has 1 saturated carbocycles. The number of nitrogens with zero attached hydrogens (tertiary/aromatic N) is 2. The van der Waals surface area contributed by atoms with Gasteiger partial charge in [0.2, 0.25) is 11.7 Å². The highest BCUT2D eigenvalue weighted by Gasteiger charge is 2.39. The Morgan fingerprint density at radius 3 is 2.65 bits per heavy atom. The lowest BCUT2D eigenvalue weighted by Gasteiger charge is -2.33. The normalized spacial score (nSPS) is 19.9. The lowest BCUT2D eigenvalue weighted by atomic mass is 9.84. The van der Waals surface area contributed by atoms with Crippen LogP contribution in [0.5, 0.6) is 0 Å². The maximum Gasteiger partial charge on any atom is 0.227 e. The minimum absolute atomic E-state index is 0.320. The standard InChI is InChI=1S/C15H27N3O2/c1-3-12(11-16)10-13-17-14(18-20-13)15(19-4-2)8-6-5-7-9-15/h12H,3-11,16H2,1-2H3. The van der Waals surface area contributed by atoms with E-state index in [9.17, 15) is 0 Å². The van der Waals surface area contributed by atoms with Gasteiger partial charge in [0.05, 0.1) is 0 Å². The van der Waals surface area contributed by atoms with Crippen molar-refractivity contribution < 1.29 is 9.26 Å². The summed E-state index contributed by atoms with van der Waals surface area (Å²) < 4.78 is 11.4. The van der Waals surface area contributed by atoms with E-state index in [0.717, 1.165) is 31.5 Å². The number of ether oxygens (including phenoxy) is 1. The molecule has 1 aromatic rings. The maximum absolute atomic E-state index is 6.02. The molecule has 1 atom stereocenters. The highest BCUT2D eigenvalue weighted by Crippen LogP contribution is 2.39. The van der Waals surface area contributed by atoms with Crippen molar-refractivity contribution in [1.82, 2.24) is 10.1 Å². The van der Waals surface area contributed by atoms with E-state index in [-0.39, 0.29) is 5.60 Å². The molecule has 1 fully saturated rings. The highest BCUT2D eigenvalue weighted by atomic mass is 16.5. The highest BCUT2D eigenvalue weighted by molar-refractivity contribution is 5.03. The van der Waals surface area contributed by atoms with Crippen LogP contribution < -0.4 is 5.73 Å². The van der Waals surface area contributed by atoms with E-state index in [2.05, 4.69) is 17.1 Å². The Kier molecular flexibility index (Phi) is 5.54. The summed E-state index contributed by atoms with van der Waals surface area (Å²) in [7, 11) is 0. The lowest BCUT2D eigenvalue weighted by Crippen LogP contribution is -2.33. The van der Waals surface area contributed by atoms with Crippen molar-refractivity contribution in [3.63, 3.8) is 0 Å². The van der Waals surface area contributed by atoms with Gasteiger partial charge in [-0.1, -0.05) is 37.8 Å². The van der Waals surface area contributed by atoms with E-state index in [4.69, 9.17) is 15.0 Å². The number of hydrogen-bond donors (Lipinski definition) is 1. The van der Waals surface area contributed by atoms with Gasteiger partial charge >= 0.3 is 0 Å². The molecule has 0 spiro atoms. The van der Waals surface area contributed by atoms with Crippen molar-refractivity contribution in [3.05, 3.63) is 11.7 Å². The third-order valence-electron chi connectivity index (χ3n) is 4.33. The van der Waals surface area contributed by atoms with E-state index in [1.165, 1.54) is 19.3 Å². The zero-order valence-corrected chi connectivity index (χ0v) is 12.7. The molecular formula is C15H27N3O2. The molecule has 5 nitrogen and oxygen atoms in total. The summed E-state index contributed by atoms with van der Waals surface area (Å²) in [6.45, 7) is 5.51. The predicted octanol–water partition coefficient (Wildman–Crippen LogP) is 2.79. The Hall–Kier alpha value is -0.940. The molecule has 0 bridgehead atoms. The molecule has 0 saturated heterocycles. The third-order valence-corrected chi connectivity index (χ3v) is 4.33. The Morgan fingerprint density at radius 1 is 1.30 bits per heavy atom. The van der Waals surface area contributed by atoms with Gasteiger partial charge in [0.15, 0.2) is 0 Å². The molecule has 0 radical (unpaired) electrons. The van der Waals surface area contributed by atoms with Gasteiger partial charge in [-0.2, -0.15) is 4.98 Å².